The van der Waals surface area contributed by atoms with Crippen molar-refractivity contribution < 1.29 is 44.8 Å². The van der Waals surface area contributed by atoms with Gasteiger partial charge in [0, 0.05) is 50.4 Å². The van der Waals surface area contributed by atoms with Crippen LogP contribution in [0.15, 0.2) is 243 Å². The molecule has 0 amide bonds. The quantitative estimate of drug-likeness (QED) is 0.0514. The van der Waals surface area contributed by atoms with Crippen LogP contribution in [-0.2, 0) is 44.8 Å². The van der Waals surface area contributed by atoms with E-state index in [9.17, 15) is 0 Å². The molecule has 0 aliphatic carbocycles. The zero-order valence-corrected chi connectivity index (χ0v) is 45.4. The Morgan fingerprint density at radius 2 is 0.594 bits per heavy atom. The summed E-state index contributed by atoms with van der Waals surface area (Å²) < 4.78 is -0.940. The van der Waals surface area contributed by atoms with Crippen molar-refractivity contribution in [1.82, 2.24) is 0 Å². The van der Waals surface area contributed by atoms with Crippen molar-refractivity contribution in [3.8, 4) is 0 Å². The standard InChI is InChI=1S/C28H26Cl2P2.C28H28P2.2Au/c1-2-27(31(23-15-7-3-8-16-23)24-17-9-4-10-18-24)28(29,30)32(25-19-11-5-12-20-25)26-21-13-6-14-22-26;1-2-24(30(27-19-11-5-12-20-27)28-21-13-6-14-22-28)23-29(25-15-7-3-8-16-25)26-17-9-4-10-18-26;;/h3-22,27H,2H2,1H3;3-22,24H,2,23H2,1H3;;. The predicted octanol–water partition coefficient (Wildman–Crippen LogP) is 13.2. The van der Waals surface area contributed by atoms with Crippen LogP contribution >= 0.6 is 54.9 Å². The molecule has 0 aromatic heterocycles. The molecule has 0 bridgehead atoms. The fraction of sp³-hybridized carbons (Fsp3) is 0.143. The van der Waals surface area contributed by atoms with E-state index in [1.165, 1.54) is 55.0 Å². The van der Waals surface area contributed by atoms with Crippen molar-refractivity contribution in [2.24, 2.45) is 0 Å². The molecule has 0 saturated carbocycles. The maximum atomic E-state index is 7.54. The maximum Gasteiger partial charge on any atom is 0.152 e. The van der Waals surface area contributed by atoms with Crippen LogP contribution in [0.5, 0.6) is 0 Å². The third-order valence-electron chi connectivity index (χ3n) is 10.9. The molecule has 0 N–H and O–H groups in total. The van der Waals surface area contributed by atoms with Gasteiger partial charge in [0.25, 0.3) is 0 Å². The fourth-order valence-corrected chi connectivity index (χ4v) is 21.9. The summed E-state index contributed by atoms with van der Waals surface area (Å²) >= 11 is 15.1. The predicted molar refractivity (Wildman–Crippen MR) is 284 cm³/mol. The van der Waals surface area contributed by atoms with E-state index in [-0.39, 0.29) is 50.4 Å². The Morgan fingerprint density at radius 1 is 0.344 bits per heavy atom. The van der Waals surface area contributed by atoms with Gasteiger partial charge in [-0.1, -0.05) is 280 Å². The zero-order valence-electron chi connectivity index (χ0n) is 36.0. The SMILES string of the molecule is CCC(CP(c1ccccc1)c1ccccc1)P(c1ccccc1)c1ccccc1.CCC(P(c1ccccc1)c1ccccc1)C(Cl)(Cl)P(c1ccccc1)c1ccccc1.[Au].[Au]. The van der Waals surface area contributed by atoms with Gasteiger partial charge in [0.1, 0.15) is 0 Å². The van der Waals surface area contributed by atoms with Gasteiger partial charge < -0.3 is 0 Å². The smallest absolute Gasteiger partial charge is 0.0951 e. The summed E-state index contributed by atoms with van der Waals surface area (Å²) in [5.41, 5.74) is 0.716. The second kappa shape index (κ2) is 27.4. The second-order valence-electron chi connectivity index (χ2n) is 14.9. The van der Waals surface area contributed by atoms with Crippen LogP contribution in [0, 0.1) is 0 Å². The van der Waals surface area contributed by atoms with E-state index >= 15 is 0 Å². The van der Waals surface area contributed by atoms with Gasteiger partial charge in [-0.3, -0.25) is 0 Å². The monoisotopic (exact) mass is 1310 g/mol. The molecule has 2 unspecified atom stereocenters. The first kappa shape index (κ1) is 52.5. The Kier molecular flexibility index (Phi) is 22.5. The molecule has 0 fully saturated rings. The van der Waals surface area contributed by atoms with E-state index in [1.807, 2.05) is 12.1 Å². The van der Waals surface area contributed by atoms with Crippen LogP contribution in [-0.4, -0.2) is 21.6 Å². The van der Waals surface area contributed by atoms with Crippen molar-refractivity contribution >= 4 is 97.3 Å². The molecule has 2 atom stereocenters. The third kappa shape index (κ3) is 13.8. The molecule has 8 aromatic carbocycles. The summed E-state index contributed by atoms with van der Waals surface area (Å²) in [6.45, 7) is 4.59. The van der Waals surface area contributed by atoms with Gasteiger partial charge in [-0.25, -0.2) is 0 Å². The van der Waals surface area contributed by atoms with Crippen LogP contribution in [0.2, 0.25) is 0 Å². The first-order chi connectivity index (χ1) is 30.5. The summed E-state index contributed by atoms with van der Waals surface area (Å²) in [7, 11) is -2.57. The van der Waals surface area contributed by atoms with Crippen LogP contribution < -0.4 is 42.4 Å². The molecule has 8 rings (SSSR count). The molecule has 64 heavy (non-hydrogen) atoms. The Bertz CT molecular complexity index is 2300. The first-order valence-electron chi connectivity index (χ1n) is 21.4. The van der Waals surface area contributed by atoms with Gasteiger partial charge in [-0.05, 0) is 98.8 Å². The van der Waals surface area contributed by atoms with E-state index in [0.29, 0.717) is 5.66 Å². The second-order valence-corrected chi connectivity index (χ2v) is 26.4. The normalized spacial score (nSPS) is 12.1. The van der Waals surface area contributed by atoms with Gasteiger partial charge in [-0.2, -0.15) is 0 Å². The van der Waals surface area contributed by atoms with Gasteiger partial charge in [-0.15, -0.1) is 0 Å². The van der Waals surface area contributed by atoms with Gasteiger partial charge in [0.15, 0.2) is 4.07 Å². The number of alkyl halides is 2. The molecule has 0 nitrogen and oxygen atoms in total. The number of hydrogen-bond acceptors (Lipinski definition) is 0. The number of benzene rings is 8. The average Bonchev–Trinajstić information content (AvgIpc) is 3.34. The summed E-state index contributed by atoms with van der Waals surface area (Å²) in [6, 6.07) is 87.1. The Balaban J connectivity index is 0.000000234. The van der Waals surface area contributed by atoms with Crippen molar-refractivity contribution in [1.29, 1.82) is 0 Å². The van der Waals surface area contributed by atoms with E-state index in [4.69, 9.17) is 23.2 Å². The molecule has 0 spiro atoms. The Labute approximate surface area is 429 Å². The number of halogens is 2. The number of rotatable bonds is 16. The topological polar surface area (TPSA) is 0 Å². The summed E-state index contributed by atoms with van der Waals surface area (Å²) in [5, 5.41) is 11.0. The van der Waals surface area contributed by atoms with Crippen LogP contribution in [0.25, 0.3) is 0 Å². The van der Waals surface area contributed by atoms with Crippen LogP contribution in [0.1, 0.15) is 26.7 Å². The first-order valence-corrected chi connectivity index (χ1v) is 27.9. The summed E-state index contributed by atoms with van der Waals surface area (Å²) in [5.74, 6) is 0. The maximum absolute atomic E-state index is 7.54. The zero-order chi connectivity index (χ0) is 43.0. The van der Waals surface area contributed by atoms with Gasteiger partial charge in [0.05, 0.1) is 0 Å². The van der Waals surface area contributed by atoms with Crippen molar-refractivity contribution in [2.45, 2.75) is 42.1 Å². The minimum Gasteiger partial charge on any atom is -0.0951 e. The molecule has 8 heteroatoms. The molecule has 0 saturated heterocycles. The molecular formula is C56H54Au2Cl2P4. The van der Waals surface area contributed by atoms with E-state index in [0.717, 1.165) is 6.42 Å². The van der Waals surface area contributed by atoms with E-state index in [1.54, 1.807) is 0 Å². The third-order valence-corrected chi connectivity index (χ3v) is 24.5. The van der Waals surface area contributed by atoms with E-state index < -0.39 is 35.8 Å². The largest absolute Gasteiger partial charge is 0.152 e. The van der Waals surface area contributed by atoms with E-state index in [2.05, 4.69) is 244 Å². The molecule has 0 aliphatic heterocycles. The Morgan fingerprint density at radius 3 is 0.859 bits per heavy atom. The van der Waals surface area contributed by atoms with Crippen molar-refractivity contribution in [2.75, 3.05) is 6.16 Å². The molecular weight excluding hydrogens is 1260 g/mol. The summed E-state index contributed by atoms with van der Waals surface area (Å²) in [6.07, 6.45) is 3.30. The fourth-order valence-electron chi connectivity index (χ4n) is 7.99. The molecule has 2 radical (unpaired) electrons. The van der Waals surface area contributed by atoms with Gasteiger partial charge >= 0.3 is 0 Å². The minimum absolute atomic E-state index is 0. The molecule has 334 valence electrons. The number of hydrogen-bond donors (Lipinski definition) is 0. The van der Waals surface area contributed by atoms with Crippen LogP contribution in [0.4, 0.5) is 0 Å². The minimum atomic E-state index is -1.01. The van der Waals surface area contributed by atoms with Crippen molar-refractivity contribution in [3.63, 3.8) is 0 Å². The molecule has 0 heterocycles. The molecule has 0 aliphatic rings. The molecule has 8 aromatic rings. The van der Waals surface area contributed by atoms with Gasteiger partial charge in [0.2, 0.25) is 0 Å². The summed E-state index contributed by atoms with van der Waals surface area (Å²) in [4.78, 5) is 0. The van der Waals surface area contributed by atoms with Crippen molar-refractivity contribution in [3.05, 3.63) is 243 Å². The average molecular weight is 1320 g/mol. The Hall–Kier alpha value is -2.46. The van der Waals surface area contributed by atoms with Crippen LogP contribution in [0.3, 0.4) is 0 Å².